The highest BCUT2D eigenvalue weighted by atomic mass is 15.4. The first kappa shape index (κ1) is 8.30. The SMILES string of the molecule is N=C(N)n1ncnc1-c1cnccn1. The van der Waals surface area contributed by atoms with Crippen molar-refractivity contribution in [1.29, 1.82) is 5.41 Å². The van der Waals surface area contributed by atoms with Gasteiger partial charge in [-0.05, 0) is 0 Å². The van der Waals surface area contributed by atoms with Crippen LogP contribution in [0.3, 0.4) is 0 Å². The van der Waals surface area contributed by atoms with Gasteiger partial charge in [-0.1, -0.05) is 0 Å². The minimum absolute atomic E-state index is 0.205. The van der Waals surface area contributed by atoms with Crippen molar-refractivity contribution in [2.75, 3.05) is 0 Å². The molecule has 0 atom stereocenters. The molecule has 0 aliphatic rings. The third-order valence-electron chi connectivity index (χ3n) is 1.57. The van der Waals surface area contributed by atoms with Gasteiger partial charge in [-0.3, -0.25) is 10.4 Å². The highest BCUT2D eigenvalue weighted by molar-refractivity contribution is 5.79. The van der Waals surface area contributed by atoms with E-state index in [1.54, 1.807) is 6.20 Å². The molecule has 0 aliphatic heterocycles. The Labute approximate surface area is 79.1 Å². The van der Waals surface area contributed by atoms with Gasteiger partial charge in [-0.25, -0.2) is 9.97 Å². The Morgan fingerprint density at radius 3 is 2.86 bits per heavy atom. The minimum atomic E-state index is -0.205. The van der Waals surface area contributed by atoms with E-state index in [1.807, 2.05) is 0 Å². The van der Waals surface area contributed by atoms with E-state index in [9.17, 15) is 0 Å². The molecule has 2 aromatic heterocycles. The maximum Gasteiger partial charge on any atom is 0.215 e. The summed E-state index contributed by atoms with van der Waals surface area (Å²) in [4.78, 5) is 11.8. The number of hydrogen-bond donors (Lipinski definition) is 2. The van der Waals surface area contributed by atoms with E-state index in [0.29, 0.717) is 11.5 Å². The molecule has 0 aliphatic carbocycles. The number of aromatic nitrogens is 5. The molecule has 0 fully saturated rings. The van der Waals surface area contributed by atoms with Crippen LogP contribution < -0.4 is 5.73 Å². The molecular weight excluding hydrogens is 182 g/mol. The molecule has 0 bridgehead atoms. The quantitative estimate of drug-likeness (QED) is 0.463. The summed E-state index contributed by atoms with van der Waals surface area (Å²) < 4.78 is 1.18. The molecule has 70 valence electrons. The topological polar surface area (TPSA) is 106 Å². The van der Waals surface area contributed by atoms with Crippen LogP contribution in [0.15, 0.2) is 24.9 Å². The molecule has 2 rings (SSSR count). The number of nitrogen functional groups attached to an aromatic ring is 1. The van der Waals surface area contributed by atoms with Crippen molar-refractivity contribution in [3.05, 3.63) is 24.9 Å². The average molecular weight is 189 g/mol. The van der Waals surface area contributed by atoms with Crippen molar-refractivity contribution in [3.8, 4) is 11.5 Å². The second-order valence-electron chi connectivity index (χ2n) is 2.47. The van der Waals surface area contributed by atoms with Crippen molar-refractivity contribution in [2.45, 2.75) is 0 Å². The highest BCUT2D eigenvalue weighted by Gasteiger charge is 2.09. The summed E-state index contributed by atoms with van der Waals surface area (Å²) in [5.41, 5.74) is 5.82. The van der Waals surface area contributed by atoms with E-state index in [4.69, 9.17) is 11.1 Å². The van der Waals surface area contributed by atoms with Crippen molar-refractivity contribution in [3.63, 3.8) is 0 Å². The fraction of sp³-hybridized carbons (Fsp3) is 0. The first-order chi connectivity index (χ1) is 6.79. The zero-order valence-electron chi connectivity index (χ0n) is 7.12. The first-order valence-electron chi connectivity index (χ1n) is 3.80. The third-order valence-corrected chi connectivity index (χ3v) is 1.57. The van der Waals surface area contributed by atoms with Crippen molar-refractivity contribution >= 4 is 5.96 Å². The Balaban J connectivity index is 2.52. The Hall–Kier alpha value is -2.31. The maximum absolute atomic E-state index is 7.23. The smallest absolute Gasteiger partial charge is 0.215 e. The summed E-state index contributed by atoms with van der Waals surface area (Å²) in [6.45, 7) is 0. The second-order valence-corrected chi connectivity index (χ2v) is 2.47. The summed E-state index contributed by atoms with van der Waals surface area (Å²) >= 11 is 0. The van der Waals surface area contributed by atoms with Crippen molar-refractivity contribution in [1.82, 2.24) is 24.7 Å². The van der Waals surface area contributed by atoms with Gasteiger partial charge >= 0.3 is 0 Å². The van der Waals surface area contributed by atoms with Crippen LogP contribution in [-0.2, 0) is 0 Å². The zero-order valence-corrected chi connectivity index (χ0v) is 7.12. The van der Waals surface area contributed by atoms with Crippen molar-refractivity contribution in [2.24, 2.45) is 5.73 Å². The lowest BCUT2D eigenvalue weighted by atomic mass is 10.4. The lowest BCUT2D eigenvalue weighted by Crippen LogP contribution is -2.23. The average Bonchev–Trinajstić information content (AvgIpc) is 2.67. The van der Waals surface area contributed by atoms with Crippen LogP contribution >= 0.6 is 0 Å². The molecule has 2 heterocycles. The predicted molar refractivity (Wildman–Crippen MR) is 48.4 cm³/mol. The van der Waals surface area contributed by atoms with Gasteiger partial charge in [-0.2, -0.15) is 9.78 Å². The van der Waals surface area contributed by atoms with Gasteiger partial charge in [0.2, 0.25) is 5.96 Å². The maximum atomic E-state index is 7.23. The molecule has 0 amide bonds. The Morgan fingerprint density at radius 2 is 2.21 bits per heavy atom. The highest BCUT2D eigenvalue weighted by Crippen LogP contribution is 2.09. The standard InChI is InChI=1S/C7H7N7/c8-7(9)14-6(12-4-13-14)5-3-10-1-2-11-5/h1-4H,(H3,8,9). The molecule has 0 radical (unpaired) electrons. The largest absolute Gasteiger partial charge is 0.368 e. The number of rotatable bonds is 1. The van der Waals surface area contributed by atoms with E-state index in [0.717, 1.165) is 0 Å². The first-order valence-corrected chi connectivity index (χ1v) is 3.80. The lowest BCUT2D eigenvalue weighted by molar-refractivity contribution is 0.911. The predicted octanol–water partition coefficient (Wildman–Crippen LogP) is -0.523. The van der Waals surface area contributed by atoms with Crippen LogP contribution in [0.25, 0.3) is 11.5 Å². The van der Waals surface area contributed by atoms with E-state index in [-0.39, 0.29) is 5.96 Å². The van der Waals surface area contributed by atoms with E-state index in [1.165, 1.54) is 23.4 Å². The fourth-order valence-corrected chi connectivity index (χ4v) is 1.01. The molecule has 3 N–H and O–H groups in total. The zero-order chi connectivity index (χ0) is 9.97. The van der Waals surface area contributed by atoms with Gasteiger partial charge in [-0.15, -0.1) is 0 Å². The van der Waals surface area contributed by atoms with Gasteiger partial charge in [0.15, 0.2) is 5.82 Å². The molecule has 0 saturated carbocycles. The van der Waals surface area contributed by atoms with Crippen LogP contribution in [-0.4, -0.2) is 30.7 Å². The molecule has 0 aromatic carbocycles. The summed E-state index contributed by atoms with van der Waals surface area (Å²) in [6, 6.07) is 0. The molecule has 0 spiro atoms. The number of nitrogens with two attached hydrogens (primary N) is 1. The molecule has 0 unspecified atom stereocenters. The Kier molecular flexibility index (Phi) is 1.90. The summed E-state index contributed by atoms with van der Waals surface area (Å²) in [7, 11) is 0. The summed E-state index contributed by atoms with van der Waals surface area (Å²) in [6.07, 6.45) is 5.93. The molecule has 7 heteroatoms. The van der Waals surface area contributed by atoms with Crippen LogP contribution in [0.5, 0.6) is 0 Å². The molecule has 2 aromatic rings. The van der Waals surface area contributed by atoms with Gasteiger partial charge < -0.3 is 5.73 Å². The molecular formula is C7H7N7. The monoisotopic (exact) mass is 189 g/mol. The Morgan fingerprint density at radius 1 is 1.36 bits per heavy atom. The fourth-order valence-electron chi connectivity index (χ4n) is 1.01. The summed E-state index contributed by atoms with van der Waals surface area (Å²) in [5.74, 6) is 0.203. The van der Waals surface area contributed by atoms with Gasteiger partial charge in [0, 0.05) is 12.4 Å². The number of nitrogens with zero attached hydrogens (tertiary/aromatic N) is 5. The number of nitrogens with one attached hydrogen (secondary N) is 1. The van der Waals surface area contributed by atoms with Gasteiger partial charge in [0.1, 0.15) is 12.0 Å². The van der Waals surface area contributed by atoms with Gasteiger partial charge in [0.25, 0.3) is 0 Å². The molecule has 14 heavy (non-hydrogen) atoms. The van der Waals surface area contributed by atoms with E-state index in [2.05, 4.69) is 20.1 Å². The minimum Gasteiger partial charge on any atom is -0.368 e. The van der Waals surface area contributed by atoms with E-state index >= 15 is 0 Å². The van der Waals surface area contributed by atoms with Crippen molar-refractivity contribution < 1.29 is 0 Å². The third kappa shape index (κ3) is 1.30. The van der Waals surface area contributed by atoms with Crippen LogP contribution in [0, 0.1) is 5.41 Å². The summed E-state index contributed by atoms with van der Waals surface area (Å²) in [5, 5.41) is 11.0. The number of hydrogen-bond acceptors (Lipinski definition) is 5. The van der Waals surface area contributed by atoms with Crippen LogP contribution in [0.2, 0.25) is 0 Å². The lowest BCUT2D eigenvalue weighted by Gasteiger charge is -2.00. The molecule has 7 nitrogen and oxygen atoms in total. The van der Waals surface area contributed by atoms with Gasteiger partial charge in [0.05, 0.1) is 6.20 Å². The van der Waals surface area contributed by atoms with Crippen LogP contribution in [0.1, 0.15) is 0 Å². The van der Waals surface area contributed by atoms with E-state index < -0.39 is 0 Å². The van der Waals surface area contributed by atoms with Crippen LogP contribution in [0.4, 0.5) is 0 Å². The normalized spacial score (nSPS) is 10.0. The second kappa shape index (κ2) is 3.21. The Bertz CT molecular complexity index is 446. The molecule has 0 saturated heterocycles.